The third-order valence-corrected chi connectivity index (χ3v) is 4.45. The van der Waals surface area contributed by atoms with Gasteiger partial charge < -0.3 is 15.8 Å². The molecular formula is C23H26FN5O2. The van der Waals surface area contributed by atoms with E-state index >= 15 is 0 Å². The van der Waals surface area contributed by atoms with Crippen molar-refractivity contribution in [2.75, 3.05) is 18.9 Å². The normalized spacial score (nSPS) is 11.7. The highest BCUT2D eigenvalue weighted by molar-refractivity contribution is 6.03. The smallest absolute Gasteiger partial charge is 0.270 e. The van der Waals surface area contributed by atoms with Gasteiger partial charge in [0, 0.05) is 41.8 Å². The van der Waals surface area contributed by atoms with Crippen LogP contribution >= 0.6 is 0 Å². The highest BCUT2D eigenvalue weighted by Gasteiger charge is 2.18. The van der Waals surface area contributed by atoms with Gasteiger partial charge in [0.1, 0.15) is 18.0 Å². The van der Waals surface area contributed by atoms with E-state index in [4.69, 9.17) is 10.5 Å². The van der Waals surface area contributed by atoms with Gasteiger partial charge >= 0.3 is 0 Å². The summed E-state index contributed by atoms with van der Waals surface area (Å²) in [5.41, 5.74) is 6.56. The summed E-state index contributed by atoms with van der Waals surface area (Å²) in [5.74, 6) is 0.0738. The minimum atomic E-state index is -1.46. The number of carbonyl (C=O) groups is 1. The number of aliphatic imine (C=N–C) groups is 1. The number of amides is 1. The van der Waals surface area contributed by atoms with Crippen LogP contribution < -0.4 is 15.8 Å². The summed E-state index contributed by atoms with van der Waals surface area (Å²) in [6, 6.07) is 9.22. The molecule has 1 aromatic carbocycles. The summed E-state index contributed by atoms with van der Waals surface area (Å²) >= 11 is 0. The number of nitrogens with zero attached hydrogens (tertiary/aromatic N) is 3. The van der Waals surface area contributed by atoms with Crippen LogP contribution in [0.25, 0.3) is 10.8 Å². The zero-order chi connectivity index (χ0) is 22.4. The Morgan fingerprint density at radius 2 is 2.00 bits per heavy atom. The Kier molecular flexibility index (Phi) is 6.79. The lowest BCUT2D eigenvalue weighted by atomic mass is 10.1. The molecule has 0 aliphatic rings. The molecule has 3 rings (SSSR count). The van der Waals surface area contributed by atoms with E-state index in [1.165, 1.54) is 20.0 Å². The number of nitrogens with one attached hydrogen (secondary N) is 1. The summed E-state index contributed by atoms with van der Waals surface area (Å²) in [7, 11) is 0. The van der Waals surface area contributed by atoms with Crippen LogP contribution in [0.5, 0.6) is 5.88 Å². The predicted octanol–water partition coefficient (Wildman–Crippen LogP) is 3.71. The Hall–Kier alpha value is -3.55. The molecule has 3 N–H and O–H groups in total. The Balaban J connectivity index is 1.87. The summed E-state index contributed by atoms with van der Waals surface area (Å²) < 4.78 is 19.4. The Morgan fingerprint density at radius 3 is 2.71 bits per heavy atom. The minimum absolute atomic E-state index is 0.0929. The Morgan fingerprint density at radius 1 is 1.26 bits per heavy atom. The molecule has 0 saturated carbocycles. The summed E-state index contributed by atoms with van der Waals surface area (Å²) in [6.07, 6.45) is 4.71. The second-order valence-corrected chi connectivity index (χ2v) is 7.63. The van der Waals surface area contributed by atoms with Gasteiger partial charge in [0.05, 0.1) is 6.54 Å². The van der Waals surface area contributed by atoms with Gasteiger partial charge in [-0.05, 0) is 43.9 Å². The molecule has 0 unspecified atom stereocenters. The lowest BCUT2D eigenvalue weighted by Crippen LogP contribution is -2.25. The number of alkyl halides is 1. The number of fused-ring (bicyclic) bond motifs is 1. The van der Waals surface area contributed by atoms with E-state index in [0.29, 0.717) is 30.2 Å². The first-order valence-corrected chi connectivity index (χ1v) is 10.0. The molecule has 1 amide bonds. The number of nitrogen functional groups attached to an aromatic ring is 1. The number of carbonyl (C=O) groups excluding carboxylic acids is 1. The van der Waals surface area contributed by atoms with Crippen molar-refractivity contribution < 1.29 is 13.9 Å². The van der Waals surface area contributed by atoms with Crippen molar-refractivity contribution in [3.8, 4) is 5.88 Å². The van der Waals surface area contributed by atoms with Gasteiger partial charge in [-0.1, -0.05) is 18.2 Å². The van der Waals surface area contributed by atoms with Crippen LogP contribution in [-0.4, -0.2) is 40.9 Å². The summed E-state index contributed by atoms with van der Waals surface area (Å²) in [6.45, 7) is 5.44. The van der Waals surface area contributed by atoms with Crippen molar-refractivity contribution >= 4 is 28.6 Å². The maximum Gasteiger partial charge on any atom is 0.270 e. The minimum Gasteiger partial charge on any atom is -0.474 e. The number of nitrogens with two attached hydrogens (primary N) is 1. The average molecular weight is 423 g/mol. The van der Waals surface area contributed by atoms with E-state index in [1.807, 2.05) is 31.2 Å². The predicted molar refractivity (Wildman–Crippen MR) is 120 cm³/mol. The standard InChI is InChI=1S/C23H26FN5O2/c1-4-27-21(30)20-18(19(25)9-10-28-20)13-26-11-15-12-29-22(31-14-23(2,3)24)17-8-6-5-7-16(15)17/h5-10,12-13H,4,11,14H2,1-3H3,(H2,25,28)(H,27,30). The quantitative estimate of drug-likeness (QED) is 0.538. The molecular weight excluding hydrogens is 397 g/mol. The zero-order valence-corrected chi connectivity index (χ0v) is 17.9. The molecule has 0 aliphatic heterocycles. The molecule has 31 heavy (non-hydrogen) atoms. The maximum absolute atomic E-state index is 13.8. The van der Waals surface area contributed by atoms with Gasteiger partial charge in [-0.3, -0.25) is 14.8 Å². The van der Waals surface area contributed by atoms with E-state index in [1.54, 1.807) is 18.5 Å². The second kappa shape index (κ2) is 9.51. The van der Waals surface area contributed by atoms with Crippen molar-refractivity contribution in [2.24, 2.45) is 4.99 Å². The average Bonchev–Trinajstić information content (AvgIpc) is 2.73. The van der Waals surface area contributed by atoms with Crippen molar-refractivity contribution in [2.45, 2.75) is 33.0 Å². The Bertz CT molecular complexity index is 1110. The summed E-state index contributed by atoms with van der Waals surface area (Å²) in [4.78, 5) is 25.2. The fraction of sp³-hybridized carbons (Fsp3) is 0.304. The monoisotopic (exact) mass is 423 g/mol. The van der Waals surface area contributed by atoms with Gasteiger partial charge in [-0.2, -0.15) is 0 Å². The van der Waals surface area contributed by atoms with Gasteiger partial charge in [-0.15, -0.1) is 0 Å². The van der Waals surface area contributed by atoms with Crippen molar-refractivity contribution in [3.05, 3.63) is 59.5 Å². The first-order valence-electron chi connectivity index (χ1n) is 10.0. The molecule has 2 aromatic heterocycles. The van der Waals surface area contributed by atoms with Gasteiger partial charge in [-0.25, -0.2) is 9.37 Å². The van der Waals surface area contributed by atoms with Crippen molar-refractivity contribution in [1.82, 2.24) is 15.3 Å². The van der Waals surface area contributed by atoms with E-state index in [0.717, 1.165) is 16.3 Å². The number of hydrogen-bond donors (Lipinski definition) is 2. The molecule has 0 saturated heterocycles. The number of ether oxygens (including phenoxy) is 1. The number of pyridine rings is 2. The maximum atomic E-state index is 13.8. The number of halogens is 1. The molecule has 0 atom stereocenters. The SMILES string of the molecule is CCNC(=O)c1nccc(N)c1C=NCc1cnc(OCC(C)(C)F)c2ccccc12. The number of hydrogen-bond acceptors (Lipinski definition) is 6. The highest BCUT2D eigenvalue weighted by Crippen LogP contribution is 2.27. The van der Waals surface area contributed by atoms with Crippen LogP contribution in [0.1, 0.15) is 42.4 Å². The number of benzene rings is 1. The number of rotatable bonds is 8. The third-order valence-electron chi connectivity index (χ3n) is 4.45. The Labute approximate surface area is 180 Å². The second-order valence-electron chi connectivity index (χ2n) is 7.63. The molecule has 7 nitrogen and oxygen atoms in total. The lowest BCUT2D eigenvalue weighted by molar-refractivity contribution is 0.0950. The molecule has 0 fully saturated rings. The van der Waals surface area contributed by atoms with Crippen LogP contribution in [0.15, 0.2) is 47.7 Å². The highest BCUT2D eigenvalue weighted by atomic mass is 19.1. The lowest BCUT2D eigenvalue weighted by Gasteiger charge is -2.16. The van der Waals surface area contributed by atoms with Crippen molar-refractivity contribution in [1.29, 1.82) is 0 Å². The van der Waals surface area contributed by atoms with E-state index in [-0.39, 0.29) is 18.2 Å². The molecule has 3 aromatic rings. The van der Waals surface area contributed by atoms with E-state index in [2.05, 4.69) is 20.3 Å². The summed E-state index contributed by atoms with van der Waals surface area (Å²) in [5, 5.41) is 4.41. The molecule has 0 spiro atoms. The molecule has 162 valence electrons. The van der Waals surface area contributed by atoms with Crippen LogP contribution in [0.4, 0.5) is 10.1 Å². The molecule has 0 aliphatic carbocycles. The van der Waals surface area contributed by atoms with Crippen LogP contribution in [-0.2, 0) is 6.54 Å². The van der Waals surface area contributed by atoms with E-state index < -0.39 is 5.67 Å². The van der Waals surface area contributed by atoms with Gasteiger partial charge in [0.2, 0.25) is 5.88 Å². The first-order chi connectivity index (χ1) is 14.8. The van der Waals surface area contributed by atoms with Gasteiger partial charge in [0.25, 0.3) is 5.91 Å². The number of aromatic nitrogens is 2. The van der Waals surface area contributed by atoms with Crippen LogP contribution in [0.3, 0.4) is 0 Å². The molecule has 0 bridgehead atoms. The zero-order valence-electron chi connectivity index (χ0n) is 17.9. The molecule has 0 radical (unpaired) electrons. The molecule has 8 heteroatoms. The number of anilines is 1. The third kappa shape index (κ3) is 5.53. The van der Waals surface area contributed by atoms with E-state index in [9.17, 15) is 9.18 Å². The topological polar surface area (TPSA) is 102 Å². The van der Waals surface area contributed by atoms with Crippen LogP contribution in [0, 0.1) is 0 Å². The van der Waals surface area contributed by atoms with Crippen LogP contribution in [0.2, 0.25) is 0 Å². The first kappa shape index (κ1) is 22.1. The fourth-order valence-corrected chi connectivity index (χ4v) is 2.99. The van der Waals surface area contributed by atoms with Gasteiger partial charge in [0.15, 0.2) is 0 Å². The molecule has 2 heterocycles. The fourth-order valence-electron chi connectivity index (χ4n) is 2.99. The largest absolute Gasteiger partial charge is 0.474 e. The van der Waals surface area contributed by atoms with Crippen molar-refractivity contribution in [3.63, 3.8) is 0 Å².